The predicted octanol–water partition coefficient (Wildman–Crippen LogP) is 4.76. The van der Waals surface area contributed by atoms with Crippen LogP contribution in [0.4, 0.5) is 11.5 Å². The maximum atomic E-state index is 12.7. The van der Waals surface area contributed by atoms with Gasteiger partial charge in [-0.3, -0.25) is 4.79 Å². The van der Waals surface area contributed by atoms with Crippen molar-refractivity contribution in [2.45, 2.75) is 26.7 Å². The lowest BCUT2D eigenvalue weighted by Gasteiger charge is -2.31. The van der Waals surface area contributed by atoms with Crippen LogP contribution >= 0.6 is 0 Å². The van der Waals surface area contributed by atoms with Crippen LogP contribution in [0, 0.1) is 12.8 Å². The third-order valence-corrected chi connectivity index (χ3v) is 6.00. The van der Waals surface area contributed by atoms with Gasteiger partial charge < -0.3 is 19.7 Å². The minimum Gasteiger partial charge on any atom is -0.454 e. The van der Waals surface area contributed by atoms with Crippen molar-refractivity contribution in [3.8, 4) is 11.5 Å². The molecule has 3 aromatic rings. The number of hydrogen-bond donors (Lipinski definition) is 1. The highest BCUT2D eigenvalue weighted by Gasteiger charge is 2.19. The number of piperidine rings is 1. The molecule has 1 aromatic heterocycles. The minimum atomic E-state index is -0.183. The van der Waals surface area contributed by atoms with Crippen molar-refractivity contribution in [2.24, 2.45) is 5.92 Å². The van der Waals surface area contributed by atoms with E-state index in [9.17, 15) is 4.79 Å². The van der Waals surface area contributed by atoms with Gasteiger partial charge in [0.25, 0.3) is 5.91 Å². The van der Waals surface area contributed by atoms with Crippen molar-refractivity contribution in [3.63, 3.8) is 0 Å². The number of carbonyl (C=O) groups excluding carboxylic acids is 1. The monoisotopic (exact) mass is 403 g/mol. The number of aromatic nitrogens is 1. The number of nitrogens with zero attached hydrogens (tertiary/aromatic N) is 2. The fourth-order valence-electron chi connectivity index (χ4n) is 4.09. The SMILES string of the molecule is Cc1cc(N2CCC(C)CC2)nc2ccc(NC(=O)c3ccc4c(c3)OCO4)cc12. The van der Waals surface area contributed by atoms with Gasteiger partial charge in [-0.2, -0.15) is 0 Å². The summed E-state index contributed by atoms with van der Waals surface area (Å²) in [6, 6.07) is 13.2. The highest BCUT2D eigenvalue weighted by Crippen LogP contribution is 2.33. The summed E-state index contributed by atoms with van der Waals surface area (Å²) in [4.78, 5) is 20.0. The molecular formula is C24H25N3O3. The average molecular weight is 403 g/mol. The number of anilines is 2. The summed E-state index contributed by atoms with van der Waals surface area (Å²) < 4.78 is 10.7. The van der Waals surface area contributed by atoms with Crippen molar-refractivity contribution < 1.29 is 14.3 Å². The number of nitrogens with one attached hydrogen (secondary N) is 1. The van der Waals surface area contributed by atoms with Gasteiger partial charge in [-0.05, 0) is 73.7 Å². The highest BCUT2D eigenvalue weighted by atomic mass is 16.7. The Hall–Kier alpha value is -3.28. The number of fused-ring (bicyclic) bond motifs is 2. The van der Waals surface area contributed by atoms with Gasteiger partial charge in [0.05, 0.1) is 5.52 Å². The average Bonchev–Trinajstić information content (AvgIpc) is 3.22. The van der Waals surface area contributed by atoms with Crippen LogP contribution < -0.4 is 19.7 Å². The number of rotatable bonds is 3. The quantitative estimate of drug-likeness (QED) is 0.683. The molecule has 5 rings (SSSR count). The molecule has 0 spiro atoms. The molecule has 2 aromatic carbocycles. The number of hydrogen-bond acceptors (Lipinski definition) is 5. The second kappa shape index (κ2) is 7.52. The molecule has 0 radical (unpaired) electrons. The fourth-order valence-corrected chi connectivity index (χ4v) is 4.09. The Kier molecular flexibility index (Phi) is 4.69. The van der Waals surface area contributed by atoms with Gasteiger partial charge in [0.2, 0.25) is 6.79 Å². The number of pyridine rings is 1. The highest BCUT2D eigenvalue weighted by molar-refractivity contribution is 6.05. The van der Waals surface area contributed by atoms with Crippen LogP contribution in [0.25, 0.3) is 10.9 Å². The molecule has 0 unspecified atom stereocenters. The molecule has 6 heteroatoms. The van der Waals surface area contributed by atoms with E-state index in [1.165, 1.54) is 12.8 Å². The van der Waals surface area contributed by atoms with Gasteiger partial charge in [-0.15, -0.1) is 0 Å². The van der Waals surface area contributed by atoms with Crippen LogP contribution in [0.1, 0.15) is 35.7 Å². The third-order valence-electron chi connectivity index (χ3n) is 6.00. The minimum absolute atomic E-state index is 0.183. The smallest absolute Gasteiger partial charge is 0.255 e. The third kappa shape index (κ3) is 3.54. The molecule has 1 saturated heterocycles. The molecule has 154 valence electrons. The first kappa shape index (κ1) is 18.7. The van der Waals surface area contributed by atoms with E-state index in [1.807, 2.05) is 18.2 Å². The summed E-state index contributed by atoms with van der Waals surface area (Å²) in [6.07, 6.45) is 2.42. The van der Waals surface area contributed by atoms with E-state index < -0.39 is 0 Å². The molecule has 30 heavy (non-hydrogen) atoms. The zero-order chi connectivity index (χ0) is 20.7. The lowest BCUT2D eigenvalue weighted by atomic mass is 9.99. The van der Waals surface area contributed by atoms with Crippen LogP contribution in [-0.2, 0) is 0 Å². The molecule has 1 amide bonds. The van der Waals surface area contributed by atoms with Gasteiger partial charge in [-0.1, -0.05) is 6.92 Å². The van der Waals surface area contributed by atoms with E-state index in [1.54, 1.807) is 18.2 Å². The van der Waals surface area contributed by atoms with E-state index in [0.717, 1.165) is 47.0 Å². The molecule has 6 nitrogen and oxygen atoms in total. The topological polar surface area (TPSA) is 63.7 Å². The second-order valence-corrected chi connectivity index (χ2v) is 8.22. The maximum Gasteiger partial charge on any atom is 0.255 e. The Bertz CT molecular complexity index is 1120. The summed E-state index contributed by atoms with van der Waals surface area (Å²) >= 11 is 0. The number of aryl methyl sites for hydroxylation is 1. The fraction of sp³-hybridized carbons (Fsp3) is 0.333. The second-order valence-electron chi connectivity index (χ2n) is 8.22. The molecule has 0 atom stereocenters. The molecule has 1 fully saturated rings. The van der Waals surface area contributed by atoms with Crippen molar-refractivity contribution in [2.75, 3.05) is 30.1 Å². The first-order valence-electron chi connectivity index (χ1n) is 10.4. The van der Waals surface area contributed by atoms with Gasteiger partial charge in [-0.25, -0.2) is 4.98 Å². The van der Waals surface area contributed by atoms with Crippen LogP contribution in [0.3, 0.4) is 0 Å². The Morgan fingerprint density at radius 2 is 1.87 bits per heavy atom. The van der Waals surface area contributed by atoms with Crippen molar-refractivity contribution in [1.82, 2.24) is 4.98 Å². The molecule has 3 heterocycles. The lowest BCUT2D eigenvalue weighted by molar-refractivity contribution is 0.102. The Morgan fingerprint density at radius 1 is 1.07 bits per heavy atom. The lowest BCUT2D eigenvalue weighted by Crippen LogP contribution is -2.33. The first-order valence-corrected chi connectivity index (χ1v) is 10.4. The van der Waals surface area contributed by atoms with E-state index in [0.29, 0.717) is 17.1 Å². The van der Waals surface area contributed by atoms with E-state index in [-0.39, 0.29) is 12.7 Å². The van der Waals surface area contributed by atoms with E-state index in [2.05, 4.69) is 30.1 Å². The molecule has 2 aliphatic heterocycles. The molecule has 0 bridgehead atoms. The summed E-state index contributed by atoms with van der Waals surface area (Å²) in [6.45, 7) is 6.72. The zero-order valence-corrected chi connectivity index (χ0v) is 17.3. The first-order chi connectivity index (χ1) is 14.6. The largest absolute Gasteiger partial charge is 0.454 e. The van der Waals surface area contributed by atoms with Crippen molar-refractivity contribution in [1.29, 1.82) is 0 Å². The summed E-state index contributed by atoms with van der Waals surface area (Å²) in [5.41, 5.74) is 3.39. The van der Waals surface area contributed by atoms with Crippen LogP contribution in [0.2, 0.25) is 0 Å². The van der Waals surface area contributed by atoms with E-state index >= 15 is 0 Å². The van der Waals surface area contributed by atoms with Crippen molar-refractivity contribution in [3.05, 3.63) is 53.6 Å². The maximum absolute atomic E-state index is 12.7. The summed E-state index contributed by atoms with van der Waals surface area (Å²) in [5, 5.41) is 4.03. The van der Waals surface area contributed by atoms with Gasteiger partial charge in [0.1, 0.15) is 5.82 Å². The van der Waals surface area contributed by atoms with Crippen LogP contribution in [-0.4, -0.2) is 30.8 Å². The standard InChI is InChI=1S/C24H25N3O3/c1-15-7-9-27(10-8-15)23-11-16(2)19-13-18(4-5-20(19)26-23)25-24(28)17-3-6-21-22(12-17)30-14-29-21/h3-6,11-13,15H,7-10,14H2,1-2H3,(H,25,28). The zero-order valence-electron chi connectivity index (χ0n) is 17.3. The molecule has 1 N–H and O–H groups in total. The van der Waals surface area contributed by atoms with E-state index in [4.69, 9.17) is 14.5 Å². The number of amides is 1. The van der Waals surface area contributed by atoms with Gasteiger partial charge in [0, 0.05) is 29.7 Å². The Balaban J connectivity index is 1.37. The number of carbonyl (C=O) groups is 1. The van der Waals surface area contributed by atoms with Crippen molar-refractivity contribution >= 4 is 28.3 Å². The normalized spacial score (nSPS) is 16.1. The molecule has 2 aliphatic rings. The van der Waals surface area contributed by atoms with Gasteiger partial charge in [0.15, 0.2) is 11.5 Å². The predicted molar refractivity (Wildman–Crippen MR) is 118 cm³/mol. The Labute approximate surface area is 175 Å². The van der Waals surface area contributed by atoms with Crippen LogP contribution in [0.5, 0.6) is 11.5 Å². The Morgan fingerprint density at radius 3 is 2.70 bits per heavy atom. The molecular weight excluding hydrogens is 378 g/mol. The summed E-state index contributed by atoms with van der Waals surface area (Å²) in [5.74, 6) is 2.92. The summed E-state index contributed by atoms with van der Waals surface area (Å²) in [7, 11) is 0. The van der Waals surface area contributed by atoms with Crippen LogP contribution in [0.15, 0.2) is 42.5 Å². The molecule has 0 saturated carbocycles. The number of benzene rings is 2. The number of ether oxygens (including phenoxy) is 2. The van der Waals surface area contributed by atoms with Gasteiger partial charge >= 0.3 is 0 Å². The molecule has 0 aliphatic carbocycles.